The first-order valence-corrected chi connectivity index (χ1v) is 9.01. The van der Waals surface area contributed by atoms with Crippen LogP contribution in [0.1, 0.15) is 24.1 Å². The van der Waals surface area contributed by atoms with Gasteiger partial charge in [-0.25, -0.2) is 4.98 Å². The van der Waals surface area contributed by atoms with E-state index in [0.29, 0.717) is 0 Å². The standard InChI is InChI=1S/C18H25N3S/c1-14-5-7-16(8-6-14)18-20-17(13-22-18)12-21-9-3-4-15(11-21)10-19-2/h5-8,13,15,19H,3-4,9-12H2,1-2H3. The Hall–Kier alpha value is -1.23. The number of rotatable bonds is 5. The van der Waals surface area contributed by atoms with Crippen LogP contribution in [0.25, 0.3) is 10.6 Å². The molecule has 2 heterocycles. The van der Waals surface area contributed by atoms with E-state index < -0.39 is 0 Å². The molecule has 22 heavy (non-hydrogen) atoms. The third-order valence-electron chi connectivity index (χ3n) is 4.33. The molecule has 2 aromatic rings. The first-order chi connectivity index (χ1) is 10.7. The highest BCUT2D eigenvalue weighted by Crippen LogP contribution is 2.25. The van der Waals surface area contributed by atoms with E-state index in [4.69, 9.17) is 4.98 Å². The van der Waals surface area contributed by atoms with Crippen molar-refractivity contribution in [2.75, 3.05) is 26.7 Å². The van der Waals surface area contributed by atoms with Gasteiger partial charge in [-0.2, -0.15) is 0 Å². The Kier molecular flexibility index (Phi) is 5.24. The maximum Gasteiger partial charge on any atom is 0.123 e. The summed E-state index contributed by atoms with van der Waals surface area (Å²) >= 11 is 1.76. The van der Waals surface area contributed by atoms with Gasteiger partial charge in [0.1, 0.15) is 5.01 Å². The zero-order valence-corrected chi connectivity index (χ0v) is 14.3. The van der Waals surface area contributed by atoms with Crippen molar-refractivity contribution in [3.63, 3.8) is 0 Å². The molecule has 1 fully saturated rings. The van der Waals surface area contributed by atoms with Crippen molar-refractivity contribution in [2.45, 2.75) is 26.3 Å². The highest BCUT2D eigenvalue weighted by Gasteiger charge is 2.20. The summed E-state index contributed by atoms with van der Waals surface area (Å²) in [6.45, 7) is 6.63. The van der Waals surface area contributed by atoms with Crippen LogP contribution < -0.4 is 5.32 Å². The molecular weight excluding hydrogens is 290 g/mol. The Morgan fingerprint density at radius 1 is 1.32 bits per heavy atom. The molecule has 0 bridgehead atoms. The van der Waals surface area contributed by atoms with E-state index in [1.165, 1.54) is 42.8 Å². The number of hydrogen-bond acceptors (Lipinski definition) is 4. The SMILES string of the molecule is CNCC1CCCN(Cc2csc(-c3ccc(C)cc3)n2)C1. The molecule has 0 aliphatic carbocycles. The smallest absolute Gasteiger partial charge is 0.123 e. The molecule has 0 radical (unpaired) electrons. The second-order valence-electron chi connectivity index (χ2n) is 6.31. The third-order valence-corrected chi connectivity index (χ3v) is 5.27. The van der Waals surface area contributed by atoms with Gasteiger partial charge in [0.25, 0.3) is 0 Å². The molecule has 118 valence electrons. The van der Waals surface area contributed by atoms with Crippen molar-refractivity contribution in [3.05, 3.63) is 40.9 Å². The van der Waals surface area contributed by atoms with Gasteiger partial charge in [0.15, 0.2) is 0 Å². The summed E-state index contributed by atoms with van der Waals surface area (Å²) in [7, 11) is 2.05. The Morgan fingerprint density at radius 2 is 2.14 bits per heavy atom. The Morgan fingerprint density at radius 3 is 2.91 bits per heavy atom. The Bertz CT molecular complexity index is 589. The van der Waals surface area contributed by atoms with Crippen LogP contribution in [0.2, 0.25) is 0 Å². The highest BCUT2D eigenvalue weighted by molar-refractivity contribution is 7.13. The molecule has 1 aliphatic heterocycles. The average molecular weight is 315 g/mol. The first-order valence-electron chi connectivity index (χ1n) is 8.13. The van der Waals surface area contributed by atoms with Gasteiger partial charge in [-0.1, -0.05) is 29.8 Å². The zero-order valence-electron chi connectivity index (χ0n) is 13.5. The lowest BCUT2D eigenvalue weighted by atomic mass is 9.98. The minimum Gasteiger partial charge on any atom is -0.319 e. The third kappa shape index (κ3) is 3.94. The monoisotopic (exact) mass is 315 g/mol. The lowest BCUT2D eigenvalue weighted by Gasteiger charge is -2.32. The van der Waals surface area contributed by atoms with E-state index in [1.54, 1.807) is 11.3 Å². The number of benzene rings is 1. The number of aryl methyl sites for hydroxylation is 1. The van der Waals surface area contributed by atoms with Gasteiger partial charge >= 0.3 is 0 Å². The lowest BCUT2D eigenvalue weighted by molar-refractivity contribution is 0.165. The largest absolute Gasteiger partial charge is 0.319 e. The van der Waals surface area contributed by atoms with E-state index in [-0.39, 0.29) is 0 Å². The molecule has 1 atom stereocenters. The molecule has 3 nitrogen and oxygen atoms in total. The van der Waals surface area contributed by atoms with E-state index in [0.717, 1.165) is 24.0 Å². The number of piperidine rings is 1. The van der Waals surface area contributed by atoms with E-state index in [9.17, 15) is 0 Å². The van der Waals surface area contributed by atoms with Crippen molar-refractivity contribution >= 4 is 11.3 Å². The van der Waals surface area contributed by atoms with Crippen LogP contribution in [0.5, 0.6) is 0 Å². The fourth-order valence-electron chi connectivity index (χ4n) is 3.19. The average Bonchev–Trinajstić information content (AvgIpc) is 2.97. The molecule has 3 rings (SSSR count). The quantitative estimate of drug-likeness (QED) is 0.914. The predicted molar refractivity (Wildman–Crippen MR) is 94.2 cm³/mol. The second-order valence-corrected chi connectivity index (χ2v) is 7.17. The second kappa shape index (κ2) is 7.36. The van der Waals surface area contributed by atoms with Crippen LogP contribution in [0, 0.1) is 12.8 Å². The van der Waals surface area contributed by atoms with Gasteiger partial charge in [-0.05, 0) is 45.8 Å². The Labute approximate surface area is 137 Å². The number of nitrogens with one attached hydrogen (secondary N) is 1. The number of hydrogen-bond donors (Lipinski definition) is 1. The normalized spacial score (nSPS) is 19.5. The van der Waals surface area contributed by atoms with Gasteiger partial charge in [0.2, 0.25) is 0 Å². The summed E-state index contributed by atoms with van der Waals surface area (Å²) in [5.41, 5.74) is 3.74. The molecular formula is C18H25N3S. The van der Waals surface area contributed by atoms with Gasteiger partial charge < -0.3 is 5.32 Å². The van der Waals surface area contributed by atoms with Gasteiger partial charge in [-0.15, -0.1) is 11.3 Å². The van der Waals surface area contributed by atoms with Crippen LogP contribution in [-0.2, 0) is 6.54 Å². The molecule has 4 heteroatoms. The molecule has 1 N–H and O–H groups in total. The maximum absolute atomic E-state index is 4.84. The fraction of sp³-hybridized carbons (Fsp3) is 0.500. The maximum atomic E-state index is 4.84. The van der Waals surface area contributed by atoms with Crippen molar-refractivity contribution in [2.24, 2.45) is 5.92 Å². The lowest BCUT2D eigenvalue weighted by Crippen LogP contribution is -2.38. The van der Waals surface area contributed by atoms with Crippen LogP contribution in [0.15, 0.2) is 29.6 Å². The van der Waals surface area contributed by atoms with E-state index >= 15 is 0 Å². The van der Waals surface area contributed by atoms with Gasteiger partial charge in [0, 0.05) is 24.0 Å². The molecule has 1 aromatic heterocycles. The Balaban J connectivity index is 1.63. The van der Waals surface area contributed by atoms with E-state index in [2.05, 4.69) is 46.8 Å². The summed E-state index contributed by atoms with van der Waals surface area (Å²) in [6.07, 6.45) is 2.66. The minimum atomic E-state index is 0.786. The number of likely N-dealkylation sites (tertiary alicyclic amines) is 1. The topological polar surface area (TPSA) is 28.2 Å². The van der Waals surface area contributed by atoms with Crippen LogP contribution in [-0.4, -0.2) is 36.6 Å². The molecule has 0 spiro atoms. The first kappa shape index (κ1) is 15.7. The van der Waals surface area contributed by atoms with Crippen LogP contribution >= 0.6 is 11.3 Å². The number of aromatic nitrogens is 1. The highest BCUT2D eigenvalue weighted by atomic mass is 32.1. The van der Waals surface area contributed by atoms with Crippen LogP contribution in [0.3, 0.4) is 0 Å². The summed E-state index contributed by atoms with van der Waals surface area (Å²) < 4.78 is 0. The molecule has 1 unspecified atom stereocenters. The summed E-state index contributed by atoms with van der Waals surface area (Å²) in [6, 6.07) is 8.65. The van der Waals surface area contributed by atoms with Crippen LogP contribution in [0.4, 0.5) is 0 Å². The van der Waals surface area contributed by atoms with Crippen molar-refractivity contribution in [1.82, 2.24) is 15.2 Å². The van der Waals surface area contributed by atoms with Gasteiger partial charge in [0.05, 0.1) is 5.69 Å². The molecule has 1 aromatic carbocycles. The summed E-state index contributed by atoms with van der Waals surface area (Å²) in [5.74, 6) is 0.786. The van der Waals surface area contributed by atoms with Crippen molar-refractivity contribution in [3.8, 4) is 10.6 Å². The predicted octanol–water partition coefficient (Wildman–Crippen LogP) is 3.55. The van der Waals surface area contributed by atoms with Gasteiger partial charge in [-0.3, -0.25) is 4.90 Å². The summed E-state index contributed by atoms with van der Waals surface area (Å²) in [5, 5.41) is 6.67. The molecule has 1 saturated heterocycles. The van der Waals surface area contributed by atoms with Crippen molar-refractivity contribution < 1.29 is 0 Å². The van der Waals surface area contributed by atoms with Crippen molar-refractivity contribution in [1.29, 1.82) is 0 Å². The van der Waals surface area contributed by atoms with E-state index in [1.807, 2.05) is 7.05 Å². The minimum absolute atomic E-state index is 0.786. The fourth-order valence-corrected chi connectivity index (χ4v) is 4.00. The summed E-state index contributed by atoms with van der Waals surface area (Å²) in [4.78, 5) is 7.39. The molecule has 0 saturated carbocycles. The molecule has 1 aliphatic rings. The zero-order chi connectivity index (χ0) is 15.4. The number of thiazole rings is 1. The number of nitrogens with zero attached hydrogens (tertiary/aromatic N) is 2. The molecule has 0 amide bonds.